The second-order valence-corrected chi connectivity index (χ2v) is 8.66. The van der Waals surface area contributed by atoms with Crippen molar-refractivity contribution in [3.05, 3.63) is 29.8 Å². The summed E-state index contributed by atoms with van der Waals surface area (Å²) in [6, 6.07) is 6.85. The van der Waals surface area contributed by atoms with Crippen LogP contribution < -0.4 is 10.6 Å². The van der Waals surface area contributed by atoms with E-state index in [0.717, 1.165) is 57.5 Å². The molecule has 0 bridgehead atoms. The average molecular weight is 525 g/mol. The summed E-state index contributed by atoms with van der Waals surface area (Å²) >= 11 is 0. The molecule has 8 nitrogen and oxygen atoms in total. The van der Waals surface area contributed by atoms with Gasteiger partial charge in [-0.15, -0.1) is 24.0 Å². The van der Waals surface area contributed by atoms with Gasteiger partial charge in [0.1, 0.15) is 0 Å². The Morgan fingerprint density at radius 3 is 2.39 bits per heavy atom. The minimum Gasteiger partial charge on any atom is -0.379 e. The van der Waals surface area contributed by atoms with Gasteiger partial charge in [-0.25, -0.2) is 17.7 Å². The molecule has 1 aromatic rings. The normalized spacial score (nSPS) is 15.9. The van der Waals surface area contributed by atoms with E-state index >= 15 is 0 Å². The summed E-state index contributed by atoms with van der Waals surface area (Å²) in [5.74, 6) is 0.760. The Morgan fingerprint density at radius 2 is 1.82 bits per heavy atom. The van der Waals surface area contributed by atoms with Crippen molar-refractivity contribution in [3.8, 4) is 0 Å². The smallest absolute Gasteiger partial charge is 0.242 e. The number of halogens is 1. The molecule has 1 heterocycles. The maximum absolute atomic E-state index is 12.1. The standard InChI is InChI=1S/C18H31N5O3S.HI/c1-4-19-18(20-9-10-23-11-13-26-14-12-23)21-15-16-5-7-17(8-6-16)27(24,25)22(2)3;/h5-8H,4,9-15H2,1-3H3,(H2,19,20,21);1H. The van der Waals surface area contributed by atoms with Gasteiger partial charge in [-0.1, -0.05) is 12.1 Å². The third kappa shape index (κ3) is 7.82. The predicted molar refractivity (Wildman–Crippen MR) is 123 cm³/mol. The Bertz CT molecular complexity index is 704. The molecular formula is C18H32IN5O3S. The fraction of sp³-hybridized carbons (Fsp3) is 0.611. The highest BCUT2D eigenvalue weighted by Crippen LogP contribution is 2.14. The minimum atomic E-state index is -3.40. The molecule has 1 fully saturated rings. The quantitative estimate of drug-likeness (QED) is 0.299. The van der Waals surface area contributed by atoms with E-state index in [1.807, 2.05) is 6.92 Å². The third-order valence-corrected chi connectivity index (χ3v) is 6.12. The fourth-order valence-corrected chi connectivity index (χ4v) is 3.55. The lowest BCUT2D eigenvalue weighted by atomic mass is 10.2. The summed E-state index contributed by atoms with van der Waals surface area (Å²) in [4.78, 5) is 7.24. The van der Waals surface area contributed by atoms with Crippen molar-refractivity contribution in [3.63, 3.8) is 0 Å². The molecule has 0 spiro atoms. The van der Waals surface area contributed by atoms with Crippen molar-refractivity contribution < 1.29 is 13.2 Å². The van der Waals surface area contributed by atoms with Crippen molar-refractivity contribution in [1.29, 1.82) is 0 Å². The van der Waals surface area contributed by atoms with Crippen LogP contribution in [0.1, 0.15) is 12.5 Å². The van der Waals surface area contributed by atoms with Gasteiger partial charge in [-0.3, -0.25) is 4.90 Å². The molecule has 0 amide bonds. The zero-order valence-electron chi connectivity index (χ0n) is 16.8. The maximum atomic E-state index is 12.1. The van der Waals surface area contributed by atoms with E-state index in [0.29, 0.717) is 6.54 Å². The molecule has 0 radical (unpaired) electrons. The first-order valence-corrected chi connectivity index (χ1v) is 10.7. The summed E-state index contributed by atoms with van der Waals surface area (Å²) < 4.78 is 30.8. The molecule has 0 aromatic heterocycles. The van der Waals surface area contributed by atoms with E-state index in [-0.39, 0.29) is 28.9 Å². The fourth-order valence-electron chi connectivity index (χ4n) is 2.65. The lowest BCUT2D eigenvalue weighted by Crippen LogP contribution is -2.44. The van der Waals surface area contributed by atoms with E-state index in [2.05, 4.69) is 20.5 Å². The van der Waals surface area contributed by atoms with Gasteiger partial charge in [0.05, 0.1) is 24.7 Å². The Labute approximate surface area is 185 Å². The van der Waals surface area contributed by atoms with Gasteiger partial charge < -0.3 is 15.4 Å². The predicted octanol–water partition coefficient (Wildman–Crippen LogP) is 0.942. The van der Waals surface area contributed by atoms with Crippen LogP contribution >= 0.6 is 24.0 Å². The topological polar surface area (TPSA) is 86.3 Å². The van der Waals surface area contributed by atoms with Crippen molar-refractivity contribution in [2.45, 2.75) is 18.4 Å². The zero-order chi connectivity index (χ0) is 19.7. The molecule has 1 aromatic carbocycles. The molecule has 1 aliphatic heterocycles. The Kier molecular flexibility index (Phi) is 11.3. The van der Waals surface area contributed by atoms with E-state index in [4.69, 9.17) is 4.74 Å². The number of ether oxygens (including phenoxy) is 1. The molecule has 2 N–H and O–H groups in total. The van der Waals surface area contributed by atoms with Crippen molar-refractivity contribution >= 4 is 40.0 Å². The van der Waals surface area contributed by atoms with Crippen LogP contribution in [0.5, 0.6) is 0 Å². The summed E-state index contributed by atoms with van der Waals surface area (Å²) in [7, 11) is -0.344. The van der Waals surface area contributed by atoms with Crippen LogP contribution in [0.15, 0.2) is 34.2 Å². The summed E-state index contributed by atoms with van der Waals surface area (Å²) in [6.07, 6.45) is 0. The van der Waals surface area contributed by atoms with Crippen molar-refractivity contribution in [2.75, 3.05) is 60.0 Å². The minimum absolute atomic E-state index is 0. The van der Waals surface area contributed by atoms with Gasteiger partial charge in [0, 0.05) is 46.8 Å². The van der Waals surface area contributed by atoms with Crippen LogP contribution in [0.3, 0.4) is 0 Å². The lowest BCUT2D eigenvalue weighted by Gasteiger charge is -2.26. The zero-order valence-corrected chi connectivity index (χ0v) is 20.0. The number of aliphatic imine (C=N–C) groups is 1. The number of rotatable bonds is 8. The summed E-state index contributed by atoms with van der Waals surface area (Å²) in [5.41, 5.74) is 0.957. The van der Waals surface area contributed by atoms with Crippen LogP contribution in [0, 0.1) is 0 Å². The van der Waals surface area contributed by atoms with Crippen molar-refractivity contribution in [1.82, 2.24) is 19.8 Å². The number of nitrogens with one attached hydrogen (secondary N) is 2. The number of nitrogens with zero attached hydrogens (tertiary/aromatic N) is 3. The first-order valence-electron chi connectivity index (χ1n) is 9.27. The second-order valence-electron chi connectivity index (χ2n) is 6.51. The van der Waals surface area contributed by atoms with Gasteiger partial charge in [0.2, 0.25) is 10.0 Å². The van der Waals surface area contributed by atoms with Gasteiger partial charge >= 0.3 is 0 Å². The summed E-state index contributed by atoms with van der Waals surface area (Å²) in [5, 5.41) is 6.58. The average Bonchev–Trinajstić information content (AvgIpc) is 2.67. The number of morpholine rings is 1. The van der Waals surface area contributed by atoms with E-state index in [1.54, 1.807) is 24.3 Å². The van der Waals surface area contributed by atoms with Crippen LogP contribution in [0.4, 0.5) is 0 Å². The first kappa shape index (κ1) is 25.1. The van der Waals surface area contributed by atoms with Crippen molar-refractivity contribution in [2.24, 2.45) is 4.99 Å². The highest BCUT2D eigenvalue weighted by molar-refractivity contribution is 14.0. The molecule has 0 unspecified atom stereocenters. The van der Waals surface area contributed by atoms with Gasteiger partial charge in [0.25, 0.3) is 0 Å². The van der Waals surface area contributed by atoms with Gasteiger partial charge in [0.15, 0.2) is 5.96 Å². The highest BCUT2D eigenvalue weighted by atomic mass is 127. The molecule has 0 saturated carbocycles. The lowest BCUT2D eigenvalue weighted by molar-refractivity contribution is 0.0389. The molecule has 160 valence electrons. The molecular weight excluding hydrogens is 493 g/mol. The van der Waals surface area contributed by atoms with E-state index in [1.165, 1.54) is 18.4 Å². The number of benzene rings is 1. The molecule has 28 heavy (non-hydrogen) atoms. The first-order chi connectivity index (χ1) is 12.9. The molecule has 1 saturated heterocycles. The molecule has 0 atom stereocenters. The van der Waals surface area contributed by atoms with Crippen LogP contribution in [-0.2, 0) is 21.3 Å². The van der Waals surface area contributed by atoms with E-state index < -0.39 is 10.0 Å². The molecule has 1 aliphatic rings. The Morgan fingerprint density at radius 1 is 1.18 bits per heavy atom. The summed E-state index contributed by atoms with van der Waals surface area (Å²) in [6.45, 7) is 8.59. The molecule has 0 aliphatic carbocycles. The van der Waals surface area contributed by atoms with E-state index in [9.17, 15) is 8.42 Å². The largest absolute Gasteiger partial charge is 0.379 e. The monoisotopic (exact) mass is 525 g/mol. The second kappa shape index (κ2) is 12.6. The van der Waals surface area contributed by atoms with Crippen LogP contribution in [-0.4, -0.2) is 83.6 Å². The van der Waals surface area contributed by atoms with Crippen LogP contribution in [0.2, 0.25) is 0 Å². The van der Waals surface area contributed by atoms with Crippen LogP contribution in [0.25, 0.3) is 0 Å². The van der Waals surface area contributed by atoms with Gasteiger partial charge in [-0.05, 0) is 24.6 Å². The number of guanidine groups is 1. The number of hydrogen-bond acceptors (Lipinski definition) is 5. The Balaban J connectivity index is 0.00000392. The highest BCUT2D eigenvalue weighted by Gasteiger charge is 2.16. The number of sulfonamides is 1. The maximum Gasteiger partial charge on any atom is 0.242 e. The molecule has 2 rings (SSSR count). The number of hydrogen-bond donors (Lipinski definition) is 2. The van der Waals surface area contributed by atoms with Gasteiger partial charge in [-0.2, -0.15) is 0 Å². The third-order valence-electron chi connectivity index (χ3n) is 4.29. The Hall–Kier alpha value is -0.950. The SMILES string of the molecule is CCNC(=NCc1ccc(S(=O)(=O)N(C)C)cc1)NCCN1CCOCC1.I. The molecule has 10 heteroatoms.